The van der Waals surface area contributed by atoms with Gasteiger partial charge in [-0.05, 0) is 55.3 Å². The predicted molar refractivity (Wildman–Crippen MR) is 137 cm³/mol. The van der Waals surface area contributed by atoms with E-state index >= 15 is 0 Å². The van der Waals surface area contributed by atoms with Crippen molar-refractivity contribution in [1.82, 2.24) is 4.98 Å². The predicted octanol–water partition coefficient (Wildman–Crippen LogP) is 5.76. The summed E-state index contributed by atoms with van der Waals surface area (Å²) in [6, 6.07) is 26.7. The lowest BCUT2D eigenvalue weighted by atomic mass is 9.99. The minimum atomic E-state index is -3.65. The Morgan fingerprint density at radius 1 is 0.939 bits per heavy atom. The Morgan fingerprint density at radius 2 is 1.64 bits per heavy atom. The van der Waals surface area contributed by atoms with Crippen molar-refractivity contribution < 1.29 is 8.42 Å². The highest BCUT2D eigenvalue weighted by atomic mass is 35.5. The second-order valence-electron chi connectivity index (χ2n) is 8.28. The molecule has 1 N–H and O–H groups in total. The van der Waals surface area contributed by atoms with Gasteiger partial charge >= 0.3 is 0 Å². The molecule has 5 nitrogen and oxygen atoms in total. The van der Waals surface area contributed by atoms with Crippen LogP contribution in [-0.2, 0) is 10.0 Å². The number of sulfonamides is 1. The van der Waals surface area contributed by atoms with E-state index in [-0.39, 0.29) is 17.3 Å². The number of hydrogen-bond acceptors (Lipinski definition) is 4. The first kappa shape index (κ1) is 23.1. The van der Waals surface area contributed by atoms with Crippen LogP contribution in [0.3, 0.4) is 0 Å². The Bertz CT molecular complexity index is 1360. The molecule has 1 atom stereocenters. The highest BCUT2D eigenvalue weighted by Crippen LogP contribution is 2.36. The lowest BCUT2D eigenvalue weighted by molar-refractivity contribution is 0.601. The molecule has 4 aromatic rings. The van der Waals surface area contributed by atoms with Crippen molar-refractivity contribution >= 4 is 44.7 Å². The minimum Gasteiger partial charge on any atom is -0.370 e. The number of hydrogen-bond donors (Lipinski definition) is 1. The Labute approximate surface area is 200 Å². The molecule has 1 fully saturated rings. The van der Waals surface area contributed by atoms with Crippen LogP contribution >= 0.6 is 12.4 Å². The third-order valence-electron chi connectivity index (χ3n) is 6.02. The lowest BCUT2D eigenvalue weighted by Gasteiger charge is -2.22. The van der Waals surface area contributed by atoms with Crippen LogP contribution in [0.4, 0.5) is 11.4 Å². The molecular formula is C26H26ClN3O2S. The fourth-order valence-electron chi connectivity index (χ4n) is 4.45. The first-order valence-corrected chi connectivity index (χ1v) is 12.3. The van der Waals surface area contributed by atoms with Gasteiger partial charge in [-0.1, -0.05) is 48.5 Å². The van der Waals surface area contributed by atoms with Crippen molar-refractivity contribution in [2.45, 2.75) is 24.2 Å². The standard InChI is InChI=1S/C26H25N3O2S.ClH/c1-19-16-26(29-15-14-21(18-29)20-8-4-2-5-9-20)24-17-22(12-13-25(24)27-19)28-32(30,31)23-10-6-3-7-11-23;/h2-13,16-17,21,28H,14-15,18H2,1H3;1H. The summed E-state index contributed by atoms with van der Waals surface area (Å²) >= 11 is 0. The number of halogens is 1. The largest absolute Gasteiger partial charge is 0.370 e. The molecule has 7 heteroatoms. The molecule has 0 saturated carbocycles. The van der Waals surface area contributed by atoms with Gasteiger partial charge in [0.25, 0.3) is 10.0 Å². The van der Waals surface area contributed by atoms with Gasteiger partial charge in [-0.2, -0.15) is 0 Å². The maximum absolute atomic E-state index is 12.8. The first-order chi connectivity index (χ1) is 15.5. The zero-order valence-electron chi connectivity index (χ0n) is 18.3. The Hall–Kier alpha value is -3.09. The van der Waals surface area contributed by atoms with Crippen LogP contribution in [0.15, 0.2) is 89.8 Å². The Kier molecular flexibility index (Phi) is 6.58. The smallest absolute Gasteiger partial charge is 0.261 e. The van der Waals surface area contributed by atoms with Gasteiger partial charge in [0.2, 0.25) is 0 Å². The lowest BCUT2D eigenvalue weighted by Crippen LogP contribution is -2.20. The number of rotatable bonds is 5. The fourth-order valence-corrected chi connectivity index (χ4v) is 5.52. The molecule has 2 heterocycles. The summed E-state index contributed by atoms with van der Waals surface area (Å²) in [4.78, 5) is 7.31. The quantitative estimate of drug-likeness (QED) is 0.395. The second kappa shape index (κ2) is 9.41. The highest BCUT2D eigenvalue weighted by molar-refractivity contribution is 7.92. The van der Waals surface area contributed by atoms with Gasteiger partial charge in [-0.25, -0.2) is 8.42 Å². The van der Waals surface area contributed by atoms with Crippen LogP contribution in [0.2, 0.25) is 0 Å². The van der Waals surface area contributed by atoms with Gasteiger partial charge in [-0.3, -0.25) is 9.71 Å². The van der Waals surface area contributed by atoms with Crippen LogP contribution in [0.1, 0.15) is 23.6 Å². The Morgan fingerprint density at radius 3 is 2.36 bits per heavy atom. The summed E-state index contributed by atoms with van der Waals surface area (Å²) in [6.45, 7) is 3.89. The second-order valence-corrected chi connectivity index (χ2v) is 9.96. The minimum absolute atomic E-state index is 0. The zero-order chi connectivity index (χ0) is 22.1. The van der Waals surface area contributed by atoms with Gasteiger partial charge in [0.15, 0.2) is 0 Å². The van der Waals surface area contributed by atoms with Crippen LogP contribution < -0.4 is 9.62 Å². The van der Waals surface area contributed by atoms with Gasteiger partial charge < -0.3 is 4.90 Å². The molecule has 1 unspecified atom stereocenters. The van der Waals surface area contributed by atoms with E-state index in [4.69, 9.17) is 0 Å². The average Bonchev–Trinajstić information content (AvgIpc) is 3.30. The normalized spacial score (nSPS) is 15.9. The van der Waals surface area contributed by atoms with Crippen molar-refractivity contribution in [3.8, 4) is 0 Å². The summed E-state index contributed by atoms with van der Waals surface area (Å²) in [5.41, 5.74) is 4.82. The van der Waals surface area contributed by atoms with Crippen molar-refractivity contribution in [3.05, 3.63) is 96.2 Å². The number of anilines is 2. The molecule has 170 valence electrons. The van der Waals surface area contributed by atoms with E-state index in [1.54, 1.807) is 36.4 Å². The summed E-state index contributed by atoms with van der Waals surface area (Å²) < 4.78 is 28.3. The maximum Gasteiger partial charge on any atom is 0.261 e. The van der Waals surface area contributed by atoms with Crippen molar-refractivity contribution in [3.63, 3.8) is 0 Å². The van der Waals surface area contributed by atoms with Gasteiger partial charge in [0, 0.05) is 41.5 Å². The number of nitrogens with zero attached hydrogens (tertiary/aromatic N) is 2. The van der Waals surface area contributed by atoms with E-state index in [9.17, 15) is 8.42 Å². The van der Waals surface area contributed by atoms with E-state index in [0.29, 0.717) is 11.6 Å². The van der Waals surface area contributed by atoms with Gasteiger partial charge in [0.05, 0.1) is 10.4 Å². The van der Waals surface area contributed by atoms with Crippen LogP contribution in [0.5, 0.6) is 0 Å². The number of nitrogens with one attached hydrogen (secondary N) is 1. The first-order valence-electron chi connectivity index (χ1n) is 10.8. The summed E-state index contributed by atoms with van der Waals surface area (Å²) in [7, 11) is -3.65. The molecule has 1 aromatic heterocycles. The molecular weight excluding hydrogens is 454 g/mol. The molecule has 5 rings (SSSR count). The number of benzene rings is 3. The van der Waals surface area contributed by atoms with Crippen LogP contribution in [0.25, 0.3) is 10.9 Å². The fraction of sp³-hybridized carbons (Fsp3) is 0.192. The van der Waals surface area contributed by atoms with E-state index in [0.717, 1.165) is 41.8 Å². The number of pyridine rings is 1. The molecule has 1 saturated heterocycles. The zero-order valence-corrected chi connectivity index (χ0v) is 19.9. The highest BCUT2D eigenvalue weighted by Gasteiger charge is 2.25. The van der Waals surface area contributed by atoms with Crippen molar-refractivity contribution in [1.29, 1.82) is 0 Å². The molecule has 0 aliphatic carbocycles. The molecule has 0 spiro atoms. The van der Waals surface area contributed by atoms with Crippen molar-refractivity contribution in [2.24, 2.45) is 0 Å². The van der Waals surface area contributed by atoms with E-state index < -0.39 is 10.0 Å². The van der Waals surface area contributed by atoms with Crippen molar-refractivity contribution in [2.75, 3.05) is 22.7 Å². The number of fused-ring (bicyclic) bond motifs is 1. The van der Waals surface area contributed by atoms with Gasteiger partial charge in [-0.15, -0.1) is 12.4 Å². The molecule has 0 radical (unpaired) electrons. The molecule has 1 aliphatic heterocycles. The molecule has 3 aromatic carbocycles. The molecule has 1 aliphatic rings. The van der Waals surface area contributed by atoms with E-state index in [2.05, 4.69) is 44.9 Å². The van der Waals surface area contributed by atoms with E-state index in [1.165, 1.54) is 5.56 Å². The van der Waals surface area contributed by atoms with Gasteiger partial charge in [0.1, 0.15) is 0 Å². The maximum atomic E-state index is 12.8. The summed E-state index contributed by atoms with van der Waals surface area (Å²) in [6.07, 6.45) is 1.09. The summed E-state index contributed by atoms with van der Waals surface area (Å²) in [5, 5.41) is 0.956. The monoisotopic (exact) mass is 479 g/mol. The average molecular weight is 480 g/mol. The Balaban J connectivity index is 0.00000259. The third kappa shape index (κ3) is 4.82. The van der Waals surface area contributed by atoms with E-state index in [1.807, 2.05) is 25.1 Å². The molecule has 0 bridgehead atoms. The SMILES string of the molecule is Cc1cc(N2CCC(c3ccccc3)C2)c2cc(NS(=O)(=O)c3ccccc3)ccc2n1.Cl. The molecule has 0 amide bonds. The van der Waals surface area contributed by atoms with Crippen LogP contribution in [0, 0.1) is 6.92 Å². The topological polar surface area (TPSA) is 62.3 Å². The molecule has 33 heavy (non-hydrogen) atoms. The van der Waals surface area contributed by atoms with Crippen LogP contribution in [-0.4, -0.2) is 26.5 Å². The third-order valence-corrected chi connectivity index (χ3v) is 7.42. The summed E-state index contributed by atoms with van der Waals surface area (Å²) in [5.74, 6) is 0.486. The number of aromatic nitrogens is 1. The number of aryl methyl sites for hydroxylation is 1.